The fourth-order valence-corrected chi connectivity index (χ4v) is 2.46. The van der Waals surface area contributed by atoms with Crippen LogP contribution < -0.4 is 18.9 Å². The van der Waals surface area contributed by atoms with E-state index in [9.17, 15) is 5.11 Å². The summed E-state index contributed by atoms with van der Waals surface area (Å²) in [7, 11) is 3.21. The van der Waals surface area contributed by atoms with Gasteiger partial charge in [-0.25, -0.2) is 0 Å². The molecule has 0 bridgehead atoms. The molecule has 0 fully saturated rings. The van der Waals surface area contributed by atoms with Crippen LogP contribution in [0.1, 0.15) is 6.42 Å². The van der Waals surface area contributed by atoms with E-state index in [1.165, 1.54) is 0 Å². The van der Waals surface area contributed by atoms with Crippen molar-refractivity contribution in [1.82, 2.24) is 0 Å². The summed E-state index contributed by atoms with van der Waals surface area (Å²) < 4.78 is 21.8. The van der Waals surface area contributed by atoms with E-state index in [0.717, 1.165) is 11.5 Å². The molecule has 3 rings (SSSR count). The Balaban J connectivity index is 1.66. The molecule has 25 heavy (non-hydrogen) atoms. The summed E-state index contributed by atoms with van der Waals surface area (Å²) in [5.41, 5.74) is 0. The summed E-state index contributed by atoms with van der Waals surface area (Å²) in [5.74, 6) is 1.81. The molecule has 130 valence electrons. The van der Waals surface area contributed by atoms with Crippen LogP contribution >= 0.6 is 0 Å². The Morgan fingerprint density at radius 1 is 0.800 bits per heavy atom. The Bertz CT molecular complexity index is 762. The normalized spacial score (nSPS) is 19.1. The summed E-state index contributed by atoms with van der Waals surface area (Å²) in [5, 5.41) is 10.7. The van der Waals surface area contributed by atoms with Gasteiger partial charge in [-0.1, -0.05) is 6.08 Å². The van der Waals surface area contributed by atoms with Gasteiger partial charge in [-0.2, -0.15) is 0 Å². The number of hydrogen-bond acceptors (Lipinski definition) is 5. The molecule has 1 aliphatic carbocycles. The second-order valence-corrected chi connectivity index (χ2v) is 5.57. The van der Waals surface area contributed by atoms with Crippen LogP contribution in [0.5, 0.6) is 23.0 Å². The maximum atomic E-state index is 10.7. The van der Waals surface area contributed by atoms with Gasteiger partial charge in [-0.15, -0.1) is 0 Å². The Morgan fingerprint density at radius 2 is 1.32 bits per heavy atom. The maximum absolute atomic E-state index is 10.7. The van der Waals surface area contributed by atoms with Crippen LogP contribution in [0.25, 0.3) is 0 Å². The zero-order chi connectivity index (χ0) is 17.7. The molecule has 5 heteroatoms. The Morgan fingerprint density at radius 3 is 1.88 bits per heavy atom. The van der Waals surface area contributed by atoms with Gasteiger partial charge in [0.05, 0.1) is 20.6 Å². The van der Waals surface area contributed by atoms with Crippen molar-refractivity contribution < 1.29 is 24.1 Å². The van der Waals surface area contributed by atoms with Gasteiger partial charge in [0.25, 0.3) is 0 Å². The molecule has 1 atom stereocenters. The van der Waals surface area contributed by atoms with Crippen LogP contribution in [-0.4, -0.2) is 25.1 Å². The maximum Gasteiger partial charge on any atom is 0.235 e. The molecular weight excluding hydrogens is 320 g/mol. The second kappa shape index (κ2) is 7.32. The monoisotopic (exact) mass is 340 g/mol. The molecule has 2 aromatic carbocycles. The fourth-order valence-electron chi connectivity index (χ4n) is 2.46. The average molecular weight is 340 g/mol. The Labute approximate surface area is 146 Å². The van der Waals surface area contributed by atoms with Crippen LogP contribution in [-0.2, 0) is 0 Å². The Kier molecular flexibility index (Phi) is 4.95. The molecule has 0 heterocycles. The quantitative estimate of drug-likeness (QED) is 0.813. The minimum atomic E-state index is -1.47. The van der Waals surface area contributed by atoms with Crippen molar-refractivity contribution in [2.24, 2.45) is 0 Å². The van der Waals surface area contributed by atoms with Gasteiger partial charge in [0.1, 0.15) is 28.8 Å². The van der Waals surface area contributed by atoms with Crippen molar-refractivity contribution in [2.75, 3.05) is 14.2 Å². The van der Waals surface area contributed by atoms with E-state index in [1.54, 1.807) is 68.8 Å². The van der Waals surface area contributed by atoms with Crippen LogP contribution in [0, 0.1) is 0 Å². The predicted octanol–water partition coefficient (Wildman–Crippen LogP) is 3.69. The summed E-state index contributed by atoms with van der Waals surface area (Å²) in [6.45, 7) is 0. The summed E-state index contributed by atoms with van der Waals surface area (Å²) in [4.78, 5) is 0. The van der Waals surface area contributed by atoms with Crippen molar-refractivity contribution in [3.05, 3.63) is 72.5 Å². The summed E-state index contributed by atoms with van der Waals surface area (Å²) >= 11 is 0. The highest BCUT2D eigenvalue weighted by Gasteiger charge is 2.30. The summed E-state index contributed by atoms with van der Waals surface area (Å²) in [6.07, 6.45) is 5.31. The van der Waals surface area contributed by atoms with E-state index < -0.39 is 5.79 Å². The lowest BCUT2D eigenvalue weighted by Crippen LogP contribution is -2.36. The molecule has 0 aromatic heterocycles. The zero-order valence-electron chi connectivity index (χ0n) is 14.1. The highest BCUT2D eigenvalue weighted by Crippen LogP contribution is 2.30. The minimum Gasteiger partial charge on any atom is -0.497 e. The zero-order valence-corrected chi connectivity index (χ0v) is 14.1. The highest BCUT2D eigenvalue weighted by atomic mass is 16.6. The van der Waals surface area contributed by atoms with Crippen LogP contribution in [0.15, 0.2) is 72.5 Å². The van der Waals surface area contributed by atoms with Crippen molar-refractivity contribution in [3.63, 3.8) is 0 Å². The van der Waals surface area contributed by atoms with Crippen LogP contribution in [0.2, 0.25) is 0 Å². The third-order valence-corrected chi connectivity index (χ3v) is 3.73. The molecule has 0 radical (unpaired) electrons. The second-order valence-electron chi connectivity index (χ2n) is 5.57. The molecule has 0 aliphatic heterocycles. The number of ether oxygens (including phenoxy) is 4. The van der Waals surface area contributed by atoms with E-state index in [1.807, 2.05) is 12.1 Å². The SMILES string of the molecule is COc1ccc(OC2=CC=CC(O)(Oc3ccc(OC)cc3)C2)cc1. The molecular formula is C20H20O5. The van der Waals surface area contributed by atoms with E-state index in [2.05, 4.69) is 0 Å². The molecule has 0 spiro atoms. The number of benzene rings is 2. The standard InChI is InChI=1S/C20H20O5/c1-22-15-5-9-17(10-6-15)24-19-4-3-13-20(21,14-19)25-18-11-7-16(23-2)8-12-18/h3-13,21H,14H2,1-2H3. The smallest absolute Gasteiger partial charge is 0.235 e. The van der Waals surface area contributed by atoms with Crippen molar-refractivity contribution in [2.45, 2.75) is 12.2 Å². The van der Waals surface area contributed by atoms with Gasteiger partial charge in [0, 0.05) is 0 Å². The average Bonchev–Trinajstić information content (AvgIpc) is 2.63. The number of allylic oxidation sites excluding steroid dienone is 2. The molecule has 0 amide bonds. The number of rotatable bonds is 6. The first-order valence-corrected chi connectivity index (χ1v) is 7.86. The van der Waals surface area contributed by atoms with Gasteiger partial charge >= 0.3 is 0 Å². The van der Waals surface area contributed by atoms with Gasteiger partial charge in [0.2, 0.25) is 5.79 Å². The first kappa shape index (κ1) is 16.9. The molecule has 1 N–H and O–H groups in total. The van der Waals surface area contributed by atoms with Crippen LogP contribution in [0.4, 0.5) is 0 Å². The Hall–Kier alpha value is -2.92. The summed E-state index contributed by atoms with van der Waals surface area (Å²) in [6, 6.07) is 14.3. The van der Waals surface area contributed by atoms with Crippen molar-refractivity contribution in [1.29, 1.82) is 0 Å². The topological polar surface area (TPSA) is 57.2 Å². The molecule has 1 aliphatic rings. The van der Waals surface area contributed by atoms with Crippen molar-refractivity contribution >= 4 is 0 Å². The molecule has 0 saturated carbocycles. The third-order valence-electron chi connectivity index (χ3n) is 3.73. The minimum absolute atomic E-state index is 0.196. The molecule has 0 saturated heterocycles. The number of hydrogen-bond donors (Lipinski definition) is 1. The van der Waals surface area contributed by atoms with Crippen molar-refractivity contribution in [3.8, 4) is 23.0 Å². The lowest BCUT2D eigenvalue weighted by atomic mass is 10.1. The van der Waals surface area contributed by atoms with E-state index in [0.29, 0.717) is 17.3 Å². The van der Waals surface area contributed by atoms with E-state index in [-0.39, 0.29) is 6.42 Å². The highest BCUT2D eigenvalue weighted by molar-refractivity contribution is 5.35. The lowest BCUT2D eigenvalue weighted by Gasteiger charge is -2.29. The third kappa shape index (κ3) is 4.33. The van der Waals surface area contributed by atoms with E-state index >= 15 is 0 Å². The fraction of sp³-hybridized carbons (Fsp3) is 0.200. The van der Waals surface area contributed by atoms with Gasteiger partial charge in [-0.05, 0) is 60.7 Å². The van der Waals surface area contributed by atoms with Gasteiger partial charge < -0.3 is 24.1 Å². The molecule has 2 aromatic rings. The predicted molar refractivity (Wildman–Crippen MR) is 94.0 cm³/mol. The number of aliphatic hydroxyl groups is 1. The first-order chi connectivity index (χ1) is 12.1. The van der Waals surface area contributed by atoms with Gasteiger partial charge in [0.15, 0.2) is 0 Å². The molecule has 1 unspecified atom stereocenters. The van der Waals surface area contributed by atoms with Gasteiger partial charge in [-0.3, -0.25) is 0 Å². The van der Waals surface area contributed by atoms with E-state index in [4.69, 9.17) is 18.9 Å². The van der Waals surface area contributed by atoms with Crippen LogP contribution in [0.3, 0.4) is 0 Å². The lowest BCUT2D eigenvalue weighted by molar-refractivity contribution is -0.0986. The molecule has 5 nitrogen and oxygen atoms in total. The number of methoxy groups -OCH3 is 2. The largest absolute Gasteiger partial charge is 0.497 e. The first-order valence-electron chi connectivity index (χ1n) is 7.86.